The van der Waals surface area contributed by atoms with E-state index in [1.54, 1.807) is 24.3 Å². The number of hydrogen-bond donors (Lipinski definition) is 1. The van der Waals surface area contributed by atoms with Gasteiger partial charge in [0, 0.05) is 12.2 Å². The smallest absolute Gasteiger partial charge is 0.306 e. The van der Waals surface area contributed by atoms with Crippen LogP contribution < -0.4 is 9.50 Å². The summed E-state index contributed by atoms with van der Waals surface area (Å²) in [7, 11) is -3.47. The molecule has 0 radical (unpaired) electrons. The van der Waals surface area contributed by atoms with Crippen molar-refractivity contribution < 1.29 is 12.6 Å². The molecule has 0 aliphatic heterocycles. The highest BCUT2D eigenvalue weighted by Gasteiger charge is 2.02. The molecular formula is C16H17NO3S. The average molecular weight is 303 g/mol. The second-order valence-electron chi connectivity index (χ2n) is 4.51. The van der Waals surface area contributed by atoms with Gasteiger partial charge in [0.05, 0.1) is 6.26 Å². The van der Waals surface area contributed by atoms with Crippen molar-refractivity contribution in [1.82, 2.24) is 0 Å². The number of hydrogen-bond acceptors (Lipinski definition) is 4. The van der Waals surface area contributed by atoms with Gasteiger partial charge in [-0.05, 0) is 29.8 Å². The molecule has 1 N–H and O–H groups in total. The summed E-state index contributed by atoms with van der Waals surface area (Å²) in [6, 6.07) is 16.8. The minimum atomic E-state index is -3.47. The summed E-state index contributed by atoms with van der Waals surface area (Å²) >= 11 is 0. The van der Waals surface area contributed by atoms with E-state index in [1.807, 2.05) is 42.5 Å². The lowest BCUT2D eigenvalue weighted by atomic mass is 10.2. The van der Waals surface area contributed by atoms with Crippen LogP contribution >= 0.6 is 0 Å². The van der Waals surface area contributed by atoms with E-state index in [4.69, 9.17) is 4.18 Å². The van der Waals surface area contributed by atoms with E-state index < -0.39 is 10.1 Å². The summed E-state index contributed by atoms with van der Waals surface area (Å²) in [4.78, 5) is 0. The molecule has 0 aromatic heterocycles. The van der Waals surface area contributed by atoms with Crippen LogP contribution in [-0.2, 0) is 10.1 Å². The van der Waals surface area contributed by atoms with Crippen molar-refractivity contribution in [2.24, 2.45) is 0 Å². The zero-order chi connectivity index (χ0) is 15.1. The van der Waals surface area contributed by atoms with Gasteiger partial charge in [0.2, 0.25) is 0 Å². The topological polar surface area (TPSA) is 55.4 Å². The van der Waals surface area contributed by atoms with Crippen LogP contribution in [0.15, 0.2) is 60.7 Å². The molecule has 2 aromatic carbocycles. The van der Waals surface area contributed by atoms with Crippen molar-refractivity contribution in [3.05, 3.63) is 66.2 Å². The quantitative estimate of drug-likeness (QED) is 0.833. The number of rotatable bonds is 6. The molecule has 2 aromatic rings. The SMILES string of the molecule is CS(=O)(=O)Oc1ccc(/C=C/CNc2ccccc2)cc1. The number of benzene rings is 2. The molecular weight excluding hydrogens is 286 g/mol. The predicted molar refractivity (Wildman–Crippen MR) is 85.9 cm³/mol. The molecule has 0 aliphatic carbocycles. The highest BCUT2D eigenvalue weighted by atomic mass is 32.2. The van der Waals surface area contributed by atoms with Crippen molar-refractivity contribution in [3.8, 4) is 5.75 Å². The molecule has 0 heterocycles. The van der Waals surface area contributed by atoms with E-state index in [2.05, 4.69) is 5.32 Å². The van der Waals surface area contributed by atoms with Crippen LogP contribution in [-0.4, -0.2) is 21.2 Å². The lowest BCUT2D eigenvalue weighted by Gasteiger charge is -2.03. The zero-order valence-electron chi connectivity index (χ0n) is 11.7. The third-order valence-electron chi connectivity index (χ3n) is 2.64. The van der Waals surface area contributed by atoms with Gasteiger partial charge in [-0.15, -0.1) is 0 Å². The van der Waals surface area contributed by atoms with Crippen LogP contribution in [0.5, 0.6) is 5.75 Å². The molecule has 21 heavy (non-hydrogen) atoms. The van der Waals surface area contributed by atoms with Crippen molar-refractivity contribution in [2.75, 3.05) is 18.1 Å². The van der Waals surface area contributed by atoms with Gasteiger partial charge in [-0.3, -0.25) is 0 Å². The van der Waals surface area contributed by atoms with E-state index in [9.17, 15) is 8.42 Å². The third kappa shape index (κ3) is 5.71. The van der Waals surface area contributed by atoms with E-state index in [0.29, 0.717) is 12.3 Å². The normalized spacial score (nSPS) is 11.5. The molecule has 5 heteroatoms. The fraction of sp³-hybridized carbons (Fsp3) is 0.125. The molecule has 0 saturated carbocycles. The maximum absolute atomic E-state index is 11.0. The summed E-state index contributed by atoms with van der Waals surface area (Å²) in [5.74, 6) is 0.317. The standard InChI is InChI=1S/C16H17NO3S/c1-21(18,19)20-16-11-9-14(10-12-16)6-5-13-17-15-7-3-2-4-8-15/h2-12,17H,13H2,1H3/b6-5+. The molecule has 0 unspecified atom stereocenters. The first-order valence-electron chi connectivity index (χ1n) is 6.48. The van der Waals surface area contributed by atoms with E-state index in [-0.39, 0.29) is 0 Å². The van der Waals surface area contributed by atoms with Crippen molar-refractivity contribution in [2.45, 2.75) is 0 Å². The highest BCUT2D eigenvalue weighted by Crippen LogP contribution is 2.14. The van der Waals surface area contributed by atoms with Gasteiger partial charge < -0.3 is 9.50 Å². The Labute approximate surface area is 125 Å². The first-order valence-corrected chi connectivity index (χ1v) is 8.29. The van der Waals surface area contributed by atoms with Gasteiger partial charge >= 0.3 is 10.1 Å². The van der Waals surface area contributed by atoms with Gasteiger partial charge in [-0.2, -0.15) is 8.42 Å². The molecule has 4 nitrogen and oxygen atoms in total. The first kappa shape index (κ1) is 15.1. The minimum Gasteiger partial charge on any atom is -0.383 e. The van der Waals surface area contributed by atoms with Crippen LogP contribution in [0.1, 0.15) is 5.56 Å². The fourth-order valence-electron chi connectivity index (χ4n) is 1.74. The van der Waals surface area contributed by atoms with Crippen LogP contribution in [0, 0.1) is 0 Å². The Hall–Kier alpha value is -2.27. The predicted octanol–water partition coefficient (Wildman–Crippen LogP) is 3.15. The molecule has 2 rings (SSSR count). The van der Waals surface area contributed by atoms with Gasteiger partial charge in [0.1, 0.15) is 5.75 Å². The first-order chi connectivity index (χ1) is 10.0. The minimum absolute atomic E-state index is 0.317. The Morgan fingerprint density at radius 1 is 1.05 bits per heavy atom. The van der Waals surface area contributed by atoms with Crippen LogP contribution in [0.3, 0.4) is 0 Å². The zero-order valence-corrected chi connectivity index (χ0v) is 12.5. The molecule has 0 saturated heterocycles. The summed E-state index contributed by atoms with van der Waals surface area (Å²) < 4.78 is 26.7. The highest BCUT2D eigenvalue weighted by molar-refractivity contribution is 7.86. The monoisotopic (exact) mass is 303 g/mol. The Kier molecular flexibility index (Phi) is 5.00. The van der Waals surface area contributed by atoms with Crippen molar-refractivity contribution >= 4 is 21.9 Å². The fourth-order valence-corrected chi connectivity index (χ4v) is 2.20. The Morgan fingerprint density at radius 2 is 1.71 bits per heavy atom. The van der Waals surface area contributed by atoms with Gasteiger partial charge in [0.15, 0.2) is 0 Å². The van der Waals surface area contributed by atoms with Crippen molar-refractivity contribution in [3.63, 3.8) is 0 Å². The Morgan fingerprint density at radius 3 is 2.33 bits per heavy atom. The second-order valence-corrected chi connectivity index (χ2v) is 6.08. The second kappa shape index (κ2) is 6.95. The summed E-state index contributed by atoms with van der Waals surface area (Å²) in [6.07, 6.45) is 4.98. The van der Waals surface area contributed by atoms with Crippen LogP contribution in [0.25, 0.3) is 6.08 Å². The maximum atomic E-state index is 11.0. The Balaban J connectivity index is 1.87. The van der Waals surface area contributed by atoms with Crippen LogP contribution in [0.2, 0.25) is 0 Å². The Bertz CT molecular complexity index is 692. The summed E-state index contributed by atoms with van der Waals surface area (Å²) in [5.41, 5.74) is 2.05. The molecule has 110 valence electrons. The molecule has 0 fully saturated rings. The van der Waals surface area contributed by atoms with Gasteiger partial charge in [0.25, 0.3) is 0 Å². The third-order valence-corrected chi connectivity index (χ3v) is 3.13. The summed E-state index contributed by atoms with van der Waals surface area (Å²) in [6.45, 7) is 0.714. The van der Waals surface area contributed by atoms with Crippen LogP contribution in [0.4, 0.5) is 5.69 Å². The van der Waals surface area contributed by atoms with E-state index in [0.717, 1.165) is 17.5 Å². The maximum Gasteiger partial charge on any atom is 0.306 e. The van der Waals surface area contributed by atoms with Crippen molar-refractivity contribution in [1.29, 1.82) is 0 Å². The molecule has 0 aliphatic rings. The number of nitrogens with one attached hydrogen (secondary N) is 1. The molecule has 0 amide bonds. The lowest BCUT2D eigenvalue weighted by molar-refractivity contribution is 0.493. The molecule has 0 bridgehead atoms. The molecule has 0 spiro atoms. The van der Waals surface area contributed by atoms with E-state index >= 15 is 0 Å². The van der Waals surface area contributed by atoms with Gasteiger partial charge in [-0.1, -0.05) is 42.5 Å². The van der Waals surface area contributed by atoms with E-state index in [1.165, 1.54) is 0 Å². The number of para-hydroxylation sites is 1. The average Bonchev–Trinajstić information content (AvgIpc) is 2.45. The largest absolute Gasteiger partial charge is 0.383 e. The lowest BCUT2D eigenvalue weighted by Crippen LogP contribution is -2.05. The molecule has 0 atom stereocenters. The van der Waals surface area contributed by atoms with Gasteiger partial charge in [-0.25, -0.2) is 0 Å². The number of anilines is 1. The summed E-state index contributed by atoms with van der Waals surface area (Å²) in [5, 5.41) is 3.27.